The Hall–Kier alpha value is -1.13. The van der Waals surface area contributed by atoms with E-state index < -0.39 is 0 Å². The van der Waals surface area contributed by atoms with Crippen molar-refractivity contribution in [1.29, 1.82) is 0 Å². The van der Waals surface area contributed by atoms with Crippen molar-refractivity contribution in [2.75, 3.05) is 13.1 Å². The quantitative estimate of drug-likeness (QED) is 0.878. The van der Waals surface area contributed by atoms with Gasteiger partial charge in [0.25, 0.3) is 0 Å². The molecule has 1 aromatic heterocycles. The Balaban J connectivity index is 1.55. The number of hydrogen-bond acceptors (Lipinski definition) is 3. The average Bonchev–Trinajstić information content (AvgIpc) is 3.03. The van der Waals surface area contributed by atoms with E-state index in [-0.39, 0.29) is 0 Å². The highest BCUT2D eigenvalue weighted by atomic mass is 15.3. The molecule has 3 rings (SSSR count). The number of piperidine rings is 1. The lowest BCUT2D eigenvalue weighted by atomic mass is 9.99. The summed E-state index contributed by atoms with van der Waals surface area (Å²) >= 11 is 0. The zero-order valence-corrected chi connectivity index (χ0v) is 10.9. The molecule has 1 aromatic rings. The minimum absolute atomic E-state index is 0.664. The SMILES string of the molecule is C=Cn1cc(CNC2CCN3CCCCC23)cn1. The first-order valence-corrected chi connectivity index (χ1v) is 7.00. The van der Waals surface area contributed by atoms with Gasteiger partial charge in [-0.25, -0.2) is 4.68 Å². The molecule has 0 amide bonds. The molecule has 0 aliphatic carbocycles. The van der Waals surface area contributed by atoms with Crippen LogP contribution in [0.3, 0.4) is 0 Å². The summed E-state index contributed by atoms with van der Waals surface area (Å²) in [4.78, 5) is 2.66. The first kappa shape index (κ1) is 11.9. The van der Waals surface area contributed by atoms with Crippen molar-refractivity contribution in [3.05, 3.63) is 24.5 Å². The largest absolute Gasteiger partial charge is 0.308 e. The van der Waals surface area contributed by atoms with Gasteiger partial charge in [0.05, 0.1) is 6.20 Å². The van der Waals surface area contributed by atoms with Gasteiger partial charge >= 0.3 is 0 Å². The molecule has 0 saturated carbocycles. The fourth-order valence-electron chi connectivity index (χ4n) is 3.30. The number of rotatable bonds is 4. The van der Waals surface area contributed by atoms with Crippen LogP contribution in [0.1, 0.15) is 31.2 Å². The van der Waals surface area contributed by atoms with Crippen LogP contribution in [-0.2, 0) is 6.54 Å². The zero-order valence-electron chi connectivity index (χ0n) is 10.9. The van der Waals surface area contributed by atoms with Crippen LogP contribution in [-0.4, -0.2) is 39.9 Å². The minimum atomic E-state index is 0.664. The molecule has 2 saturated heterocycles. The van der Waals surface area contributed by atoms with E-state index in [0.717, 1.165) is 12.6 Å². The van der Waals surface area contributed by atoms with Crippen molar-refractivity contribution < 1.29 is 0 Å². The van der Waals surface area contributed by atoms with Crippen LogP contribution in [0.4, 0.5) is 0 Å². The summed E-state index contributed by atoms with van der Waals surface area (Å²) in [5, 5.41) is 7.91. The molecule has 98 valence electrons. The molecule has 2 fully saturated rings. The third-order valence-electron chi connectivity index (χ3n) is 4.27. The van der Waals surface area contributed by atoms with Crippen molar-refractivity contribution in [1.82, 2.24) is 20.0 Å². The van der Waals surface area contributed by atoms with E-state index in [1.54, 1.807) is 10.9 Å². The Morgan fingerprint density at radius 3 is 3.17 bits per heavy atom. The predicted molar refractivity (Wildman–Crippen MR) is 73.1 cm³/mol. The fourth-order valence-corrected chi connectivity index (χ4v) is 3.30. The smallest absolute Gasteiger partial charge is 0.0538 e. The van der Waals surface area contributed by atoms with E-state index in [1.807, 2.05) is 12.4 Å². The molecule has 18 heavy (non-hydrogen) atoms. The highest BCUT2D eigenvalue weighted by Gasteiger charge is 2.34. The fraction of sp³-hybridized carbons (Fsp3) is 0.643. The molecule has 4 nitrogen and oxygen atoms in total. The van der Waals surface area contributed by atoms with Crippen LogP contribution in [0, 0.1) is 0 Å². The van der Waals surface area contributed by atoms with Crippen molar-refractivity contribution in [3.63, 3.8) is 0 Å². The van der Waals surface area contributed by atoms with Gasteiger partial charge in [-0.3, -0.25) is 4.90 Å². The highest BCUT2D eigenvalue weighted by Crippen LogP contribution is 2.27. The highest BCUT2D eigenvalue weighted by molar-refractivity contribution is 5.17. The summed E-state index contributed by atoms with van der Waals surface area (Å²) in [5.74, 6) is 0. The number of fused-ring (bicyclic) bond motifs is 1. The van der Waals surface area contributed by atoms with Gasteiger partial charge in [-0.1, -0.05) is 13.0 Å². The molecule has 1 N–H and O–H groups in total. The maximum absolute atomic E-state index is 4.21. The average molecular weight is 246 g/mol. The molecule has 0 spiro atoms. The molecule has 2 atom stereocenters. The first-order chi connectivity index (χ1) is 8.86. The summed E-state index contributed by atoms with van der Waals surface area (Å²) in [6.07, 6.45) is 11.1. The molecule has 0 aromatic carbocycles. The normalized spacial score (nSPS) is 28.2. The minimum Gasteiger partial charge on any atom is -0.308 e. The molecular weight excluding hydrogens is 224 g/mol. The van der Waals surface area contributed by atoms with E-state index in [2.05, 4.69) is 21.9 Å². The molecule has 3 heterocycles. The van der Waals surface area contributed by atoms with Crippen molar-refractivity contribution in [3.8, 4) is 0 Å². The van der Waals surface area contributed by atoms with Crippen LogP contribution in [0.2, 0.25) is 0 Å². The monoisotopic (exact) mass is 246 g/mol. The van der Waals surface area contributed by atoms with Gasteiger partial charge in [0.15, 0.2) is 0 Å². The lowest BCUT2D eigenvalue weighted by Crippen LogP contribution is -2.44. The maximum atomic E-state index is 4.21. The Labute approximate surface area is 109 Å². The van der Waals surface area contributed by atoms with Crippen LogP contribution in [0.25, 0.3) is 6.20 Å². The standard InChI is InChI=1S/C14H22N4/c1-2-18-11-12(10-16-18)9-15-13-6-8-17-7-4-3-5-14(13)17/h2,10-11,13-15H,1,3-9H2. The summed E-state index contributed by atoms with van der Waals surface area (Å²) < 4.78 is 1.76. The molecular formula is C14H22N4. The van der Waals surface area contributed by atoms with Crippen LogP contribution < -0.4 is 5.32 Å². The predicted octanol–water partition coefficient (Wildman–Crippen LogP) is 1.70. The van der Waals surface area contributed by atoms with Crippen molar-refractivity contribution in [2.45, 2.75) is 44.3 Å². The number of nitrogens with one attached hydrogen (secondary N) is 1. The van der Waals surface area contributed by atoms with Gasteiger partial charge in [0.1, 0.15) is 0 Å². The van der Waals surface area contributed by atoms with Gasteiger partial charge < -0.3 is 5.32 Å². The summed E-state index contributed by atoms with van der Waals surface area (Å²) in [6.45, 7) is 7.20. The Morgan fingerprint density at radius 1 is 1.39 bits per heavy atom. The third-order valence-corrected chi connectivity index (χ3v) is 4.27. The lowest BCUT2D eigenvalue weighted by molar-refractivity contribution is 0.180. The number of hydrogen-bond donors (Lipinski definition) is 1. The van der Waals surface area contributed by atoms with Gasteiger partial charge in [0.2, 0.25) is 0 Å². The van der Waals surface area contributed by atoms with E-state index >= 15 is 0 Å². The topological polar surface area (TPSA) is 33.1 Å². The zero-order chi connectivity index (χ0) is 12.4. The van der Waals surface area contributed by atoms with E-state index in [4.69, 9.17) is 0 Å². The number of aromatic nitrogens is 2. The van der Waals surface area contributed by atoms with E-state index in [1.165, 1.54) is 44.3 Å². The summed E-state index contributed by atoms with van der Waals surface area (Å²) in [6, 6.07) is 1.44. The molecule has 4 heteroatoms. The van der Waals surface area contributed by atoms with Crippen molar-refractivity contribution in [2.24, 2.45) is 0 Å². The van der Waals surface area contributed by atoms with Crippen LogP contribution >= 0.6 is 0 Å². The van der Waals surface area contributed by atoms with Crippen LogP contribution in [0.15, 0.2) is 19.0 Å². The summed E-state index contributed by atoms with van der Waals surface area (Å²) in [5.41, 5.74) is 1.24. The third kappa shape index (κ3) is 2.35. The van der Waals surface area contributed by atoms with Gasteiger partial charge in [-0.15, -0.1) is 0 Å². The van der Waals surface area contributed by atoms with E-state index in [9.17, 15) is 0 Å². The Kier molecular flexibility index (Phi) is 3.48. The molecule has 2 unspecified atom stereocenters. The van der Waals surface area contributed by atoms with Crippen molar-refractivity contribution >= 4 is 6.20 Å². The summed E-state index contributed by atoms with van der Waals surface area (Å²) in [7, 11) is 0. The van der Waals surface area contributed by atoms with Gasteiger partial charge in [0, 0.05) is 43.1 Å². The van der Waals surface area contributed by atoms with E-state index in [0.29, 0.717) is 6.04 Å². The Morgan fingerprint density at radius 2 is 2.33 bits per heavy atom. The molecule has 2 aliphatic rings. The first-order valence-electron chi connectivity index (χ1n) is 7.00. The second-order valence-electron chi connectivity index (χ2n) is 5.39. The van der Waals surface area contributed by atoms with Gasteiger partial charge in [-0.2, -0.15) is 5.10 Å². The van der Waals surface area contributed by atoms with Gasteiger partial charge in [-0.05, 0) is 25.8 Å². The molecule has 0 bridgehead atoms. The maximum Gasteiger partial charge on any atom is 0.0538 e. The molecule has 0 radical (unpaired) electrons. The Bertz CT molecular complexity index is 412. The molecule has 2 aliphatic heterocycles. The second-order valence-corrected chi connectivity index (χ2v) is 5.39. The van der Waals surface area contributed by atoms with Crippen LogP contribution in [0.5, 0.6) is 0 Å². The number of nitrogens with zero attached hydrogens (tertiary/aromatic N) is 3. The lowest BCUT2D eigenvalue weighted by Gasteiger charge is -2.32. The second kappa shape index (κ2) is 5.24.